The Morgan fingerprint density at radius 2 is 1.68 bits per heavy atom. The van der Waals surface area contributed by atoms with Crippen LogP contribution in [-0.2, 0) is 22.0 Å². The van der Waals surface area contributed by atoms with Gasteiger partial charge in [-0.25, -0.2) is 8.42 Å². The molecule has 0 fully saturated rings. The van der Waals surface area contributed by atoms with Gasteiger partial charge in [-0.15, -0.1) is 6.42 Å². The lowest BCUT2D eigenvalue weighted by Crippen LogP contribution is -2.25. The molecule has 3 rings (SSSR count). The molecule has 0 radical (unpaired) electrons. The number of terminal acetylenes is 1. The molecule has 0 aromatic heterocycles. The lowest BCUT2D eigenvalue weighted by molar-refractivity contribution is 0.0954. The average Bonchev–Trinajstić information content (AvgIpc) is 2.79. The molecule has 0 atom stereocenters. The molecule has 3 aromatic carbocycles. The molecule has 6 heteroatoms. The van der Waals surface area contributed by atoms with Gasteiger partial charge in [0.1, 0.15) is 12.4 Å². The molecule has 0 unspecified atom stereocenters. The maximum atomic E-state index is 12.6. The van der Waals surface area contributed by atoms with Crippen molar-refractivity contribution in [3.63, 3.8) is 0 Å². The third kappa shape index (κ3) is 6.46. The fraction of sp³-hybridized carbons (Fsp3) is 0.160. The van der Waals surface area contributed by atoms with E-state index in [0.717, 1.165) is 5.56 Å². The van der Waals surface area contributed by atoms with Crippen LogP contribution in [0.4, 0.5) is 0 Å². The van der Waals surface area contributed by atoms with Crippen LogP contribution in [0.2, 0.25) is 0 Å². The number of carbonyl (C=O) groups excluding carboxylic acids is 1. The number of benzene rings is 3. The summed E-state index contributed by atoms with van der Waals surface area (Å²) < 4.78 is 30.5. The monoisotopic (exact) mass is 433 g/mol. The summed E-state index contributed by atoms with van der Waals surface area (Å²) in [5.41, 5.74) is 2.05. The number of hydrogen-bond donors (Lipinski definition) is 1. The number of hydrogen-bond acceptors (Lipinski definition) is 4. The predicted molar refractivity (Wildman–Crippen MR) is 121 cm³/mol. The Balaban J connectivity index is 1.56. The van der Waals surface area contributed by atoms with Gasteiger partial charge in [-0.05, 0) is 53.9 Å². The number of amides is 1. The standard InChI is InChI=1S/C25H23NO4S/c1-2-17-30-23-13-11-20(12-14-23)15-16-26-25(27)22-8-6-7-21(18-22)19-31(28,29)24-9-4-3-5-10-24/h1,3-14,18H,15-17,19H2,(H,26,27). The smallest absolute Gasteiger partial charge is 0.251 e. The zero-order valence-corrected chi connectivity index (χ0v) is 17.8. The van der Waals surface area contributed by atoms with E-state index in [9.17, 15) is 13.2 Å². The van der Waals surface area contributed by atoms with Gasteiger partial charge in [0.2, 0.25) is 0 Å². The normalized spacial score (nSPS) is 10.8. The third-order valence-electron chi connectivity index (χ3n) is 4.59. The summed E-state index contributed by atoms with van der Waals surface area (Å²) in [6.45, 7) is 0.678. The van der Waals surface area contributed by atoms with Gasteiger partial charge >= 0.3 is 0 Å². The zero-order valence-electron chi connectivity index (χ0n) is 17.0. The first-order valence-electron chi connectivity index (χ1n) is 9.78. The fourth-order valence-corrected chi connectivity index (χ4v) is 4.39. The van der Waals surface area contributed by atoms with Crippen molar-refractivity contribution in [1.82, 2.24) is 5.32 Å². The van der Waals surface area contributed by atoms with Gasteiger partial charge in [0.05, 0.1) is 10.6 Å². The minimum Gasteiger partial charge on any atom is -0.481 e. The largest absolute Gasteiger partial charge is 0.481 e. The molecule has 0 saturated heterocycles. The maximum absolute atomic E-state index is 12.6. The summed E-state index contributed by atoms with van der Waals surface area (Å²) in [7, 11) is -3.47. The van der Waals surface area contributed by atoms with Crippen LogP contribution in [0.15, 0.2) is 83.8 Å². The second kappa shape index (κ2) is 10.5. The Morgan fingerprint density at radius 3 is 2.39 bits per heavy atom. The number of carbonyl (C=O) groups is 1. The highest BCUT2D eigenvalue weighted by molar-refractivity contribution is 7.90. The highest BCUT2D eigenvalue weighted by atomic mass is 32.2. The molecular weight excluding hydrogens is 410 g/mol. The summed E-state index contributed by atoms with van der Waals surface area (Å²) in [4.78, 5) is 12.8. The van der Waals surface area contributed by atoms with Gasteiger partial charge in [-0.3, -0.25) is 4.79 Å². The van der Waals surface area contributed by atoms with Crippen molar-refractivity contribution in [3.05, 3.63) is 95.6 Å². The minimum absolute atomic E-state index is 0.160. The fourth-order valence-electron chi connectivity index (χ4n) is 3.03. The lowest BCUT2D eigenvalue weighted by atomic mass is 10.1. The summed E-state index contributed by atoms with van der Waals surface area (Å²) in [6.07, 6.45) is 5.83. The molecule has 0 heterocycles. The molecule has 0 aliphatic heterocycles. The van der Waals surface area contributed by atoms with E-state index >= 15 is 0 Å². The number of ether oxygens (including phenoxy) is 1. The molecular formula is C25H23NO4S. The van der Waals surface area contributed by atoms with Gasteiger partial charge in [0, 0.05) is 12.1 Å². The van der Waals surface area contributed by atoms with E-state index in [1.165, 1.54) is 0 Å². The van der Waals surface area contributed by atoms with E-state index in [2.05, 4.69) is 11.2 Å². The first kappa shape index (κ1) is 22.1. The molecule has 5 nitrogen and oxygen atoms in total. The average molecular weight is 434 g/mol. The molecule has 3 aromatic rings. The van der Waals surface area contributed by atoms with Crippen molar-refractivity contribution >= 4 is 15.7 Å². The van der Waals surface area contributed by atoms with E-state index in [0.29, 0.717) is 29.8 Å². The van der Waals surface area contributed by atoms with E-state index in [-0.39, 0.29) is 23.2 Å². The van der Waals surface area contributed by atoms with Gasteiger partial charge in [-0.1, -0.05) is 48.4 Å². The maximum Gasteiger partial charge on any atom is 0.251 e. The highest BCUT2D eigenvalue weighted by Gasteiger charge is 2.16. The molecule has 158 valence electrons. The number of rotatable bonds is 9. The summed E-state index contributed by atoms with van der Waals surface area (Å²) in [5, 5.41) is 2.87. The van der Waals surface area contributed by atoms with Gasteiger partial charge in [0.15, 0.2) is 9.84 Å². The number of sulfone groups is 1. The van der Waals surface area contributed by atoms with Crippen molar-refractivity contribution < 1.29 is 17.9 Å². The van der Waals surface area contributed by atoms with Gasteiger partial charge in [-0.2, -0.15) is 0 Å². The van der Waals surface area contributed by atoms with Crippen molar-refractivity contribution in [3.8, 4) is 18.1 Å². The van der Waals surface area contributed by atoms with Crippen molar-refractivity contribution in [1.29, 1.82) is 0 Å². The van der Waals surface area contributed by atoms with Gasteiger partial charge < -0.3 is 10.1 Å². The second-order valence-electron chi connectivity index (χ2n) is 6.92. The zero-order chi connectivity index (χ0) is 22.1. The summed E-state index contributed by atoms with van der Waals surface area (Å²) in [5.74, 6) is 2.71. The molecule has 0 aliphatic rings. The topological polar surface area (TPSA) is 72.5 Å². The predicted octanol–water partition coefficient (Wildman–Crippen LogP) is 3.65. The van der Waals surface area contributed by atoms with Crippen LogP contribution < -0.4 is 10.1 Å². The molecule has 0 bridgehead atoms. The summed E-state index contributed by atoms with van der Waals surface area (Å²) >= 11 is 0. The Hall–Kier alpha value is -3.56. The Labute approximate surface area is 183 Å². The molecule has 0 saturated carbocycles. The van der Waals surface area contributed by atoms with Crippen molar-refractivity contribution in [2.75, 3.05) is 13.2 Å². The third-order valence-corrected chi connectivity index (χ3v) is 6.30. The number of nitrogens with one attached hydrogen (secondary N) is 1. The Bertz CT molecular complexity index is 1160. The van der Waals surface area contributed by atoms with Crippen LogP contribution in [-0.4, -0.2) is 27.5 Å². The molecule has 31 heavy (non-hydrogen) atoms. The summed E-state index contributed by atoms with van der Waals surface area (Å²) in [6, 6.07) is 22.5. The quantitative estimate of drug-likeness (QED) is 0.523. The van der Waals surface area contributed by atoms with Crippen LogP contribution in [0, 0.1) is 12.3 Å². The van der Waals surface area contributed by atoms with Crippen molar-refractivity contribution in [2.45, 2.75) is 17.1 Å². The minimum atomic E-state index is -3.47. The SMILES string of the molecule is C#CCOc1ccc(CCNC(=O)c2cccc(CS(=O)(=O)c3ccccc3)c2)cc1. The van der Waals surface area contributed by atoms with E-state index in [1.807, 2.05) is 24.3 Å². The Kier molecular flexibility index (Phi) is 7.47. The van der Waals surface area contributed by atoms with Crippen LogP contribution >= 0.6 is 0 Å². The van der Waals surface area contributed by atoms with Crippen LogP contribution in [0.5, 0.6) is 5.75 Å². The molecule has 1 amide bonds. The van der Waals surface area contributed by atoms with Gasteiger partial charge in [0.25, 0.3) is 5.91 Å². The van der Waals surface area contributed by atoms with E-state index in [1.54, 1.807) is 54.6 Å². The van der Waals surface area contributed by atoms with E-state index in [4.69, 9.17) is 11.2 Å². The molecule has 0 spiro atoms. The highest BCUT2D eigenvalue weighted by Crippen LogP contribution is 2.17. The van der Waals surface area contributed by atoms with Crippen LogP contribution in [0.25, 0.3) is 0 Å². The Morgan fingerprint density at radius 1 is 0.935 bits per heavy atom. The molecule has 1 N–H and O–H groups in total. The lowest BCUT2D eigenvalue weighted by Gasteiger charge is -2.09. The second-order valence-corrected chi connectivity index (χ2v) is 8.90. The van der Waals surface area contributed by atoms with E-state index < -0.39 is 9.84 Å². The van der Waals surface area contributed by atoms with Crippen LogP contribution in [0.1, 0.15) is 21.5 Å². The first-order chi connectivity index (χ1) is 15.0. The molecule has 0 aliphatic carbocycles. The van der Waals surface area contributed by atoms with Crippen molar-refractivity contribution in [2.24, 2.45) is 0 Å². The van der Waals surface area contributed by atoms with Crippen LogP contribution in [0.3, 0.4) is 0 Å². The first-order valence-corrected chi connectivity index (χ1v) is 11.4.